The topological polar surface area (TPSA) is 35.5 Å². The first-order valence-corrected chi connectivity index (χ1v) is 4.55. The van der Waals surface area contributed by atoms with Gasteiger partial charge < -0.3 is 9.47 Å². The van der Waals surface area contributed by atoms with Crippen LogP contribution in [0.5, 0.6) is 0 Å². The van der Waals surface area contributed by atoms with E-state index in [0.717, 1.165) is 13.0 Å². The summed E-state index contributed by atoms with van der Waals surface area (Å²) in [6, 6.07) is 0. The summed E-state index contributed by atoms with van der Waals surface area (Å²) >= 11 is 0. The molecule has 0 saturated carbocycles. The molecule has 0 aliphatic carbocycles. The highest BCUT2D eigenvalue weighted by molar-refractivity contribution is 5.81. The van der Waals surface area contributed by atoms with Crippen molar-refractivity contribution >= 4 is 5.97 Å². The Kier molecular flexibility index (Phi) is 3.09. The summed E-state index contributed by atoms with van der Waals surface area (Å²) in [6.45, 7) is 8.52. The van der Waals surface area contributed by atoms with Gasteiger partial charge >= 0.3 is 5.97 Å². The predicted octanol–water partition coefficient (Wildman–Crippen LogP) is 1.53. The smallest absolute Gasteiger partial charge is 0.330 e. The molecule has 0 aromatic carbocycles. The Bertz CT molecular complexity index is 210. The second kappa shape index (κ2) is 3.92. The molecular weight excluding hydrogens is 168 g/mol. The van der Waals surface area contributed by atoms with E-state index in [0.29, 0.717) is 12.5 Å². The summed E-state index contributed by atoms with van der Waals surface area (Å²) in [5.41, 5.74) is -0.270. The maximum absolute atomic E-state index is 10.8. The molecule has 1 fully saturated rings. The fraction of sp³-hybridized carbons (Fsp3) is 0.700. The first-order chi connectivity index (χ1) is 6.12. The Labute approximate surface area is 78.7 Å². The van der Waals surface area contributed by atoms with Crippen LogP contribution in [-0.2, 0) is 14.3 Å². The third-order valence-electron chi connectivity index (χ3n) is 2.64. The van der Waals surface area contributed by atoms with E-state index in [1.807, 2.05) is 6.92 Å². The van der Waals surface area contributed by atoms with Gasteiger partial charge in [-0.05, 0) is 13.3 Å². The lowest BCUT2D eigenvalue weighted by Crippen LogP contribution is -2.54. The number of hydrogen-bond donors (Lipinski definition) is 0. The average molecular weight is 184 g/mol. The van der Waals surface area contributed by atoms with E-state index in [-0.39, 0.29) is 11.6 Å². The van der Waals surface area contributed by atoms with Crippen LogP contribution < -0.4 is 0 Å². The van der Waals surface area contributed by atoms with Crippen LogP contribution >= 0.6 is 0 Å². The van der Waals surface area contributed by atoms with Crippen LogP contribution in [0.25, 0.3) is 0 Å². The molecule has 0 spiro atoms. The normalized spacial score (nSPS) is 32.0. The van der Waals surface area contributed by atoms with Gasteiger partial charge in [-0.3, -0.25) is 0 Å². The molecule has 1 aliphatic rings. The first-order valence-electron chi connectivity index (χ1n) is 4.55. The van der Waals surface area contributed by atoms with Crippen LogP contribution in [0.2, 0.25) is 0 Å². The largest absolute Gasteiger partial charge is 0.459 e. The van der Waals surface area contributed by atoms with E-state index < -0.39 is 0 Å². The fourth-order valence-corrected chi connectivity index (χ4v) is 1.47. The second-order valence-corrected chi connectivity index (χ2v) is 3.54. The fourth-order valence-electron chi connectivity index (χ4n) is 1.47. The number of esters is 1. The van der Waals surface area contributed by atoms with Crippen molar-refractivity contribution in [2.45, 2.75) is 25.9 Å². The molecule has 1 rings (SSSR count). The number of carbonyl (C=O) groups is 1. The molecule has 3 heteroatoms. The Morgan fingerprint density at radius 3 is 2.92 bits per heavy atom. The molecule has 0 bridgehead atoms. The van der Waals surface area contributed by atoms with Gasteiger partial charge in [-0.1, -0.05) is 13.5 Å². The van der Waals surface area contributed by atoms with Crippen molar-refractivity contribution in [3.63, 3.8) is 0 Å². The SMILES string of the molecule is C=CC(=O)OCC1(C)OCC1CC. The van der Waals surface area contributed by atoms with Gasteiger partial charge in [0.25, 0.3) is 0 Å². The minimum atomic E-state index is -0.383. The van der Waals surface area contributed by atoms with Crippen LogP contribution in [0.4, 0.5) is 0 Å². The molecule has 3 nitrogen and oxygen atoms in total. The van der Waals surface area contributed by atoms with Crippen LogP contribution in [0.3, 0.4) is 0 Å². The van der Waals surface area contributed by atoms with Crippen molar-refractivity contribution in [1.82, 2.24) is 0 Å². The van der Waals surface area contributed by atoms with Gasteiger partial charge in [0.1, 0.15) is 12.2 Å². The maximum Gasteiger partial charge on any atom is 0.330 e. The lowest BCUT2D eigenvalue weighted by atomic mass is 9.83. The highest BCUT2D eigenvalue weighted by Crippen LogP contribution is 2.35. The minimum absolute atomic E-state index is 0.270. The zero-order chi connectivity index (χ0) is 9.90. The van der Waals surface area contributed by atoms with Gasteiger partial charge in [0.15, 0.2) is 0 Å². The molecule has 0 aromatic rings. The second-order valence-electron chi connectivity index (χ2n) is 3.54. The third kappa shape index (κ3) is 2.10. The van der Waals surface area contributed by atoms with Crippen LogP contribution in [0, 0.1) is 5.92 Å². The first kappa shape index (κ1) is 10.3. The van der Waals surface area contributed by atoms with Crippen molar-refractivity contribution in [2.75, 3.05) is 13.2 Å². The summed E-state index contributed by atoms with van der Waals surface area (Å²) < 4.78 is 10.4. The molecule has 74 valence electrons. The van der Waals surface area contributed by atoms with Crippen LogP contribution in [0.1, 0.15) is 20.3 Å². The van der Waals surface area contributed by atoms with Crippen LogP contribution in [-0.4, -0.2) is 24.8 Å². The summed E-state index contributed by atoms with van der Waals surface area (Å²) in [7, 11) is 0. The molecule has 13 heavy (non-hydrogen) atoms. The number of ether oxygens (including phenoxy) is 2. The zero-order valence-corrected chi connectivity index (χ0v) is 8.21. The standard InChI is InChI=1S/C10H16O3/c1-4-8-6-13-10(8,3)7-12-9(11)5-2/h5,8H,2,4,6-7H2,1,3H3. The highest BCUT2D eigenvalue weighted by Gasteiger charge is 2.44. The molecule has 1 saturated heterocycles. The van der Waals surface area contributed by atoms with Gasteiger partial charge in [-0.15, -0.1) is 0 Å². The Hall–Kier alpha value is -0.830. The van der Waals surface area contributed by atoms with Gasteiger partial charge in [-0.25, -0.2) is 4.79 Å². The van der Waals surface area contributed by atoms with E-state index in [1.54, 1.807) is 0 Å². The van der Waals surface area contributed by atoms with Crippen LogP contribution in [0.15, 0.2) is 12.7 Å². The van der Waals surface area contributed by atoms with Crippen molar-refractivity contribution in [3.05, 3.63) is 12.7 Å². The lowest BCUT2D eigenvalue weighted by molar-refractivity contribution is -0.218. The number of rotatable bonds is 4. The van der Waals surface area contributed by atoms with E-state index in [1.165, 1.54) is 6.08 Å². The molecule has 1 aliphatic heterocycles. The van der Waals surface area contributed by atoms with Gasteiger partial charge in [0.2, 0.25) is 0 Å². The van der Waals surface area contributed by atoms with Crippen molar-refractivity contribution in [1.29, 1.82) is 0 Å². The van der Waals surface area contributed by atoms with Crippen molar-refractivity contribution in [2.24, 2.45) is 5.92 Å². The number of carbonyl (C=O) groups excluding carboxylic acids is 1. The Balaban J connectivity index is 2.35. The molecule has 0 amide bonds. The Morgan fingerprint density at radius 1 is 1.85 bits per heavy atom. The van der Waals surface area contributed by atoms with E-state index in [9.17, 15) is 4.79 Å². The van der Waals surface area contributed by atoms with E-state index in [2.05, 4.69) is 13.5 Å². The third-order valence-corrected chi connectivity index (χ3v) is 2.64. The summed E-state index contributed by atoms with van der Waals surface area (Å²) in [6.07, 6.45) is 2.23. The van der Waals surface area contributed by atoms with Gasteiger partial charge in [0.05, 0.1) is 6.61 Å². The monoisotopic (exact) mass is 184 g/mol. The zero-order valence-electron chi connectivity index (χ0n) is 8.21. The molecule has 1 heterocycles. The summed E-state index contributed by atoms with van der Waals surface area (Å²) in [5, 5.41) is 0. The van der Waals surface area contributed by atoms with E-state index >= 15 is 0 Å². The summed E-state index contributed by atoms with van der Waals surface area (Å²) in [4.78, 5) is 10.8. The molecule has 2 unspecified atom stereocenters. The lowest BCUT2D eigenvalue weighted by Gasteiger charge is -2.46. The van der Waals surface area contributed by atoms with Crippen molar-refractivity contribution in [3.8, 4) is 0 Å². The predicted molar refractivity (Wildman–Crippen MR) is 49.3 cm³/mol. The maximum atomic E-state index is 10.8. The molecule has 0 N–H and O–H groups in total. The molecule has 0 radical (unpaired) electrons. The minimum Gasteiger partial charge on any atom is -0.459 e. The number of hydrogen-bond acceptors (Lipinski definition) is 3. The molecular formula is C10H16O3. The van der Waals surface area contributed by atoms with Gasteiger partial charge in [0, 0.05) is 12.0 Å². The summed E-state index contributed by atoms with van der Waals surface area (Å²) in [5.74, 6) is 0.122. The molecule has 2 atom stereocenters. The highest BCUT2D eigenvalue weighted by atomic mass is 16.6. The van der Waals surface area contributed by atoms with Gasteiger partial charge in [-0.2, -0.15) is 0 Å². The Morgan fingerprint density at radius 2 is 2.54 bits per heavy atom. The average Bonchev–Trinajstić information content (AvgIpc) is 2.12. The molecule has 0 aromatic heterocycles. The van der Waals surface area contributed by atoms with E-state index in [4.69, 9.17) is 9.47 Å². The quantitative estimate of drug-likeness (QED) is 0.491. The van der Waals surface area contributed by atoms with Crippen molar-refractivity contribution < 1.29 is 14.3 Å².